The molecule has 3 saturated heterocycles. The minimum atomic E-state index is -2.48. The third kappa shape index (κ3) is 12.7. The molecule has 5 aliphatic rings. The van der Waals surface area contributed by atoms with Crippen LogP contribution in [0.2, 0.25) is 20.1 Å². The van der Waals surface area contributed by atoms with Crippen LogP contribution in [-0.4, -0.2) is 175 Å². The standard InChI is InChI=1S/C65H68Cl4N8O10/c1-64(76-55-33-49(66)51(68)35-57(55)86-39-59(76)78,62(81)70-53(37-73-18-24-83-25-19-73)46-11-5-8-43(30-46)41-14-16-42(17-15-41)61(80)75-22-28-85-29-23-75)65(2,77-56-34-50(67)52(69)36-58(56)87-40-60(77)79)63(82)71-54(38-74-20-26-84-27-21-74)47-12-6-9-44(31-47)45-10-7-13-48(32-45)72(3)4/h5-17,30-36,53-54H,18-29,37-40H2,1-4H3,(H,70,81)(H,71,82). The molecule has 18 nitrogen and oxygen atoms in total. The van der Waals surface area contributed by atoms with Gasteiger partial charge in [0.1, 0.15) is 11.5 Å². The number of benzene rings is 6. The number of morpholine rings is 3. The number of nitrogens with zero attached hydrogens (tertiary/aromatic N) is 6. The second-order valence-corrected chi connectivity index (χ2v) is 24.3. The first-order valence-electron chi connectivity index (χ1n) is 29.0. The molecule has 0 bridgehead atoms. The largest absolute Gasteiger partial charge is 0.482 e. The van der Waals surface area contributed by atoms with Crippen molar-refractivity contribution in [1.82, 2.24) is 25.3 Å². The Labute approximate surface area is 526 Å². The highest BCUT2D eigenvalue weighted by atomic mass is 35.5. The number of hydrogen-bond donors (Lipinski definition) is 2. The van der Waals surface area contributed by atoms with E-state index in [9.17, 15) is 4.79 Å². The topological polar surface area (TPSA) is 175 Å². The van der Waals surface area contributed by atoms with Crippen molar-refractivity contribution in [2.45, 2.75) is 37.0 Å². The summed E-state index contributed by atoms with van der Waals surface area (Å²) in [6.45, 7) is 8.24. The van der Waals surface area contributed by atoms with Crippen molar-refractivity contribution in [3.05, 3.63) is 158 Å². The van der Waals surface area contributed by atoms with Gasteiger partial charge in [-0.15, -0.1) is 0 Å². The fraction of sp³-hybridized carbons (Fsp3) is 0.369. The fourth-order valence-corrected chi connectivity index (χ4v) is 12.7. The number of ether oxygens (including phenoxy) is 5. The van der Waals surface area contributed by atoms with Crippen LogP contribution in [0.25, 0.3) is 22.3 Å². The number of halogens is 4. The van der Waals surface area contributed by atoms with E-state index in [0.29, 0.717) is 90.0 Å². The van der Waals surface area contributed by atoms with Gasteiger partial charge in [0.05, 0.1) is 83.2 Å². The lowest BCUT2D eigenvalue weighted by Crippen LogP contribution is -2.81. The molecule has 4 atom stereocenters. The Balaban J connectivity index is 1.08. The van der Waals surface area contributed by atoms with Crippen LogP contribution in [0.5, 0.6) is 11.5 Å². The molecule has 11 rings (SSSR count). The minimum Gasteiger partial charge on any atom is -0.482 e. The number of anilines is 3. The number of hydrogen-bond acceptors (Lipinski definition) is 13. The highest BCUT2D eigenvalue weighted by Crippen LogP contribution is 2.50. The van der Waals surface area contributed by atoms with E-state index in [-0.39, 0.29) is 62.0 Å². The summed E-state index contributed by atoms with van der Waals surface area (Å²) in [4.78, 5) is 89.0. The third-order valence-electron chi connectivity index (χ3n) is 17.2. The number of fused-ring (bicyclic) bond motifs is 2. The van der Waals surface area contributed by atoms with Crippen molar-refractivity contribution in [3.63, 3.8) is 0 Å². The number of carbonyl (C=O) groups is 5. The summed E-state index contributed by atoms with van der Waals surface area (Å²) in [5.41, 5.74) is 1.41. The highest BCUT2D eigenvalue weighted by Gasteiger charge is 2.66. The van der Waals surface area contributed by atoms with Crippen LogP contribution in [0.15, 0.2) is 121 Å². The van der Waals surface area contributed by atoms with Gasteiger partial charge in [-0.1, -0.05) is 107 Å². The molecule has 0 saturated carbocycles. The molecule has 5 aliphatic heterocycles. The van der Waals surface area contributed by atoms with Gasteiger partial charge in [0.25, 0.3) is 17.7 Å². The molecule has 4 unspecified atom stereocenters. The van der Waals surface area contributed by atoms with Crippen LogP contribution in [-0.2, 0) is 33.4 Å². The van der Waals surface area contributed by atoms with Crippen molar-refractivity contribution < 1.29 is 47.7 Å². The predicted molar refractivity (Wildman–Crippen MR) is 337 cm³/mol. The lowest BCUT2D eigenvalue weighted by atomic mass is 9.72. The van der Waals surface area contributed by atoms with E-state index in [1.807, 2.05) is 97.9 Å². The quantitative estimate of drug-likeness (QED) is 0.0886. The van der Waals surface area contributed by atoms with E-state index >= 15 is 19.2 Å². The molecule has 2 N–H and O–H groups in total. The summed E-state index contributed by atoms with van der Waals surface area (Å²) in [5, 5.41) is 7.03. The summed E-state index contributed by atoms with van der Waals surface area (Å²) in [6, 6.07) is 35.2. The molecular weight excluding hydrogens is 1190 g/mol. The van der Waals surface area contributed by atoms with Crippen LogP contribution in [0.1, 0.15) is 47.4 Å². The van der Waals surface area contributed by atoms with E-state index in [1.54, 1.807) is 17.0 Å². The van der Waals surface area contributed by atoms with Gasteiger partial charge in [-0.25, -0.2) is 0 Å². The molecule has 87 heavy (non-hydrogen) atoms. The number of nitrogens with one attached hydrogen (secondary N) is 2. The average molecular weight is 1260 g/mol. The number of amides is 5. The minimum absolute atomic E-state index is 0.00666. The molecule has 0 aliphatic carbocycles. The summed E-state index contributed by atoms with van der Waals surface area (Å²) >= 11 is 27.1. The summed E-state index contributed by atoms with van der Waals surface area (Å²) in [7, 11) is 3.95. The second kappa shape index (κ2) is 26.4. The van der Waals surface area contributed by atoms with E-state index < -0.39 is 60.0 Å². The van der Waals surface area contributed by atoms with Crippen molar-refractivity contribution in [2.75, 3.05) is 134 Å². The van der Waals surface area contributed by atoms with Crippen LogP contribution in [0.4, 0.5) is 17.1 Å². The van der Waals surface area contributed by atoms with Gasteiger partial charge >= 0.3 is 0 Å². The Morgan fingerprint density at radius 2 is 0.920 bits per heavy atom. The smallest absolute Gasteiger partial charge is 0.266 e. The second-order valence-electron chi connectivity index (χ2n) is 22.7. The normalized spacial score (nSPS) is 18.6. The molecule has 6 aromatic rings. The maximum Gasteiger partial charge on any atom is 0.266 e. The van der Waals surface area contributed by atoms with Crippen LogP contribution >= 0.6 is 46.4 Å². The van der Waals surface area contributed by atoms with E-state index in [4.69, 9.17) is 70.1 Å². The molecule has 5 amide bonds. The van der Waals surface area contributed by atoms with Gasteiger partial charge in [-0.2, -0.15) is 0 Å². The molecule has 22 heteroatoms. The van der Waals surface area contributed by atoms with Gasteiger partial charge in [0.2, 0.25) is 11.8 Å². The molecule has 0 aromatic heterocycles. The van der Waals surface area contributed by atoms with E-state index in [2.05, 4.69) is 26.5 Å². The third-order valence-corrected chi connectivity index (χ3v) is 18.6. The summed E-state index contributed by atoms with van der Waals surface area (Å²) in [6.07, 6.45) is 0. The van der Waals surface area contributed by atoms with E-state index in [1.165, 1.54) is 47.9 Å². The monoisotopic (exact) mass is 1260 g/mol. The zero-order chi connectivity index (χ0) is 61.1. The van der Waals surface area contributed by atoms with Crippen molar-refractivity contribution in [2.24, 2.45) is 0 Å². The Hall–Kier alpha value is -6.97. The summed E-state index contributed by atoms with van der Waals surface area (Å²) < 4.78 is 29.2. The zero-order valence-electron chi connectivity index (χ0n) is 48.8. The van der Waals surface area contributed by atoms with Gasteiger partial charge < -0.3 is 44.1 Å². The zero-order valence-corrected chi connectivity index (χ0v) is 51.8. The number of carbonyl (C=O) groups excluding carboxylic acids is 5. The molecule has 0 spiro atoms. The fourth-order valence-electron chi connectivity index (χ4n) is 12.1. The van der Waals surface area contributed by atoms with Crippen LogP contribution < -0.4 is 34.8 Å². The summed E-state index contributed by atoms with van der Waals surface area (Å²) in [5.74, 6) is -3.05. The Kier molecular flexibility index (Phi) is 18.7. The van der Waals surface area contributed by atoms with Crippen molar-refractivity contribution in [3.8, 4) is 33.8 Å². The Morgan fingerprint density at radius 3 is 1.37 bits per heavy atom. The van der Waals surface area contributed by atoms with Gasteiger partial charge in [0, 0.05) is 89.8 Å². The first-order chi connectivity index (χ1) is 41.9. The average Bonchev–Trinajstić information content (AvgIpc) is 0.756. The van der Waals surface area contributed by atoms with Gasteiger partial charge in [0.15, 0.2) is 24.3 Å². The lowest BCUT2D eigenvalue weighted by Gasteiger charge is -2.56. The number of rotatable bonds is 17. The molecule has 5 heterocycles. The van der Waals surface area contributed by atoms with Crippen molar-refractivity contribution in [1.29, 1.82) is 0 Å². The van der Waals surface area contributed by atoms with Crippen LogP contribution in [0.3, 0.4) is 0 Å². The van der Waals surface area contributed by atoms with Crippen molar-refractivity contribution >= 4 is 93.0 Å². The predicted octanol–water partition coefficient (Wildman–Crippen LogP) is 9.22. The molecular formula is C65H68Cl4N8O10. The molecule has 456 valence electrons. The Bertz CT molecular complexity index is 3580. The molecule has 6 aromatic carbocycles. The highest BCUT2D eigenvalue weighted by molar-refractivity contribution is 6.43. The van der Waals surface area contributed by atoms with Gasteiger partial charge in [-0.05, 0) is 95.8 Å². The maximum absolute atomic E-state index is 17.1. The Morgan fingerprint density at radius 1 is 0.517 bits per heavy atom. The SMILES string of the molecule is CN(C)c1cccc(-c2cccc(C(CN3CCOCC3)NC(=O)C(C)(N3C(=O)COc4cc(Cl)c(Cl)cc43)C(C)(C(=O)NC(CN3CCOCC3)c3cccc(-c4ccc(C(=O)N5CCOCC5)cc4)c3)N3C(=O)COc4cc(Cl)c(Cl)cc43)c2)c1. The first-order valence-corrected chi connectivity index (χ1v) is 30.5. The van der Waals surface area contributed by atoms with Crippen LogP contribution in [0, 0.1) is 0 Å². The molecule has 3 fully saturated rings. The van der Waals surface area contributed by atoms with Gasteiger partial charge in [-0.3, -0.25) is 43.6 Å². The first kappa shape index (κ1) is 61.7. The lowest BCUT2D eigenvalue weighted by molar-refractivity contribution is -0.143. The maximum atomic E-state index is 17.1. The van der Waals surface area contributed by atoms with E-state index in [0.717, 1.165) is 33.5 Å². The molecule has 0 radical (unpaired) electrons.